The molecule has 1 aliphatic rings. The summed E-state index contributed by atoms with van der Waals surface area (Å²) in [5.74, 6) is 0. The van der Waals surface area contributed by atoms with Gasteiger partial charge in [0.05, 0.1) is 15.7 Å². The van der Waals surface area contributed by atoms with Gasteiger partial charge in [0, 0.05) is 23.7 Å². The Hall–Kier alpha value is -0.900. The second-order valence-corrected chi connectivity index (χ2v) is 6.19. The van der Waals surface area contributed by atoms with Crippen molar-refractivity contribution in [1.82, 2.24) is 0 Å². The highest BCUT2D eigenvalue weighted by molar-refractivity contribution is 7.10. The average Bonchev–Trinajstić information content (AvgIpc) is 2.74. The van der Waals surface area contributed by atoms with Crippen LogP contribution in [0.2, 0.25) is 10.0 Å². The maximum absolute atomic E-state index is 6.27. The predicted molar refractivity (Wildman–Crippen MR) is 79.9 cm³/mol. The minimum absolute atomic E-state index is 0.599. The molecule has 0 bridgehead atoms. The van der Waals surface area contributed by atoms with Gasteiger partial charge in [-0.05, 0) is 35.6 Å². The Morgan fingerprint density at radius 1 is 1.22 bits per heavy atom. The van der Waals surface area contributed by atoms with Crippen LogP contribution < -0.4 is 10.6 Å². The number of anilines is 2. The number of rotatable bonds is 1. The van der Waals surface area contributed by atoms with Gasteiger partial charge in [-0.1, -0.05) is 23.2 Å². The van der Waals surface area contributed by atoms with Crippen molar-refractivity contribution in [3.8, 4) is 0 Å². The first-order valence-corrected chi connectivity index (χ1v) is 7.33. The van der Waals surface area contributed by atoms with Gasteiger partial charge in [-0.3, -0.25) is 0 Å². The number of nitrogens with zero attached hydrogens (tertiary/aromatic N) is 1. The molecular formula is C13H12Cl2N2S. The van der Waals surface area contributed by atoms with Crippen molar-refractivity contribution in [3.63, 3.8) is 0 Å². The van der Waals surface area contributed by atoms with Crippen LogP contribution in [-0.2, 0) is 13.0 Å². The van der Waals surface area contributed by atoms with Crippen molar-refractivity contribution in [2.75, 3.05) is 17.2 Å². The molecule has 0 radical (unpaired) electrons. The van der Waals surface area contributed by atoms with Gasteiger partial charge in [0.15, 0.2) is 0 Å². The van der Waals surface area contributed by atoms with Crippen LogP contribution >= 0.6 is 34.5 Å². The van der Waals surface area contributed by atoms with E-state index in [1.54, 1.807) is 12.1 Å². The van der Waals surface area contributed by atoms with Crippen LogP contribution in [0.5, 0.6) is 0 Å². The first-order chi connectivity index (χ1) is 8.65. The summed E-state index contributed by atoms with van der Waals surface area (Å²) in [7, 11) is 0. The van der Waals surface area contributed by atoms with Crippen molar-refractivity contribution < 1.29 is 0 Å². The zero-order valence-corrected chi connectivity index (χ0v) is 11.9. The van der Waals surface area contributed by atoms with E-state index in [1.807, 2.05) is 11.3 Å². The Balaban J connectivity index is 1.98. The van der Waals surface area contributed by atoms with Crippen molar-refractivity contribution in [2.24, 2.45) is 0 Å². The fraction of sp³-hybridized carbons (Fsp3) is 0.231. The number of fused-ring (bicyclic) bond motifs is 1. The van der Waals surface area contributed by atoms with Gasteiger partial charge >= 0.3 is 0 Å². The molecule has 0 fully saturated rings. The summed E-state index contributed by atoms with van der Waals surface area (Å²) in [5.41, 5.74) is 8.59. The SMILES string of the molecule is Nc1cc(Cl)c(N2CCc3sccc3C2)c(Cl)c1. The molecule has 2 aromatic rings. The molecule has 1 aliphatic heterocycles. The van der Waals surface area contributed by atoms with Crippen LogP contribution in [0.1, 0.15) is 10.4 Å². The van der Waals surface area contributed by atoms with Crippen molar-refractivity contribution in [3.05, 3.63) is 44.1 Å². The summed E-state index contributed by atoms with van der Waals surface area (Å²) in [6.07, 6.45) is 1.05. The van der Waals surface area contributed by atoms with Crippen molar-refractivity contribution in [1.29, 1.82) is 0 Å². The molecule has 0 unspecified atom stereocenters. The third-order valence-corrected chi connectivity index (χ3v) is 4.76. The van der Waals surface area contributed by atoms with E-state index in [2.05, 4.69) is 16.3 Å². The molecule has 0 spiro atoms. The summed E-state index contributed by atoms with van der Waals surface area (Å²) < 4.78 is 0. The lowest BCUT2D eigenvalue weighted by molar-refractivity contribution is 0.744. The number of nitrogens with two attached hydrogens (primary N) is 1. The van der Waals surface area contributed by atoms with Gasteiger partial charge in [-0.2, -0.15) is 0 Å². The third kappa shape index (κ3) is 2.07. The zero-order chi connectivity index (χ0) is 12.7. The van der Waals surface area contributed by atoms with E-state index in [9.17, 15) is 0 Å². The van der Waals surface area contributed by atoms with Crippen LogP contribution in [-0.4, -0.2) is 6.54 Å². The van der Waals surface area contributed by atoms with Gasteiger partial charge in [-0.25, -0.2) is 0 Å². The lowest BCUT2D eigenvalue weighted by Crippen LogP contribution is -2.29. The summed E-state index contributed by atoms with van der Waals surface area (Å²) in [4.78, 5) is 3.69. The zero-order valence-electron chi connectivity index (χ0n) is 9.62. The molecule has 1 aromatic carbocycles. The Morgan fingerprint density at radius 3 is 2.67 bits per heavy atom. The van der Waals surface area contributed by atoms with Crippen LogP contribution in [0.25, 0.3) is 0 Å². The highest BCUT2D eigenvalue weighted by atomic mass is 35.5. The number of nitrogen functional groups attached to an aromatic ring is 1. The number of halogens is 2. The number of hydrogen-bond acceptors (Lipinski definition) is 3. The Morgan fingerprint density at radius 2 is 1.94 bits per heavy atom. The first-order valence-electron chi connectivity index (χ1n) is 5.70. The Labute approximate surface area is 120 Å². The molecule has 0 saturated carbocycles. The Kier molecular flexibility index (Phi) is 3.14. The lowest BCUT2D eigenvalue weighted by Gasteiger charge is -2.30. The van der Waals surface area contributed by atoms with E-state index in [-0.39, 0.29) is 0 Å². The smallest absolute Gasteiger partial charge is 0.0749 e. The van der Waals surface area contributed by atoms with E-state index in [1.165, 1.54) is 10.4 Å². The second kappa shape index (κ2) is 4.65. The molecule has 2 nitrogen and oxygen atoms in total. The normalized spacial score (nSPS) is 14.7. The maximum atomic E-state index is 6.27. The van der Waals surface area contributed by atoms with Crippen LogP contribution in [0.3, 0.4) is 0 Å². The maximum Gasteiger partial charge on any atom is 0.0749 e. The molecule has 0 saturated heterocycles. The van der Waals surface area contributed by atoms with E-state index >= 15 is 0 Å². The molecule has 0 amide bonds. The van der Waals surface area contributed by atoms with Gasteiger partial charge in [0.25, 0.3) is 0 Å². The molecule has 5 heteroatoms. The molecular weight excluding hydrogens is 287 g/mol. The first kappa shape index (κ1) is 12.2. The van der Waals surface area contributed by atoms with Gasteiger partial charge in [-0.15, -0.1) is 11.3 Å². The molecule has 2 heterocycles. The van der Waals surface area contributed by atoms with Crippen molar-refractivity contribution in [2.45, 2.75) is 13.0 Å². The quantitative estimate of drug-likeness (QED) is 0.800. The molecule has 1 aromatic heterocycles. The number of benzene rings is 1. The molecule has 94 valence electrons. The molecule has 2 N–H and O–H groups in total. The van der Waals surface area contributed by atoms with Crippen LogP contribution in [0, 0.1) is 0 Å². The lowest BCUT2D eigenvalue weighted by atomic mass is 10.1. The molecule has 3 rings (SSSR count). The summed E-state index contributed by atoms with van der Waals surface area (Å²) in [6, 6.07) is 5.68. The van der Waals surface area contributed by atoms with Crippen LogP contribution in [0.4, 0.5) is 11.4 Å². The van der Waals surface area contributed by atoms with Gasteiger partial charge in [0.2, 0.25) is 0 Å². The number of hydrogen-bond donors (Lipinski definition) is 1. The fourth-order valence-corrected chi connectivity index (χ4v) is 3.96. The van der Waals surface area contributed by atoms with Gasteiger partial charge < -0.3 is 10.6 Å². The van der Waals surface area contributed by atoms with E-state index in [4.69, 9.17) is 28.9 Å². The summed E-state index contributed by atoms with van der Waals surface area (Å²) >= 11 is 14.4. The van der Waals surface area contributed by atoms with Gasteiger partial charge in [0.1, 0.15) is 0 Å². The van der Waals surface area contributed by atoms with E-state index in [0.29, 0.717) is 15.7 Å². The molecule has 18 heavy (non-hydrogen) atoms. The predicted octanol–water partition coefficient (Wildman–Crippen LogP) is 4.20. The fourth-order valence-electron chi connectivity index (χ4n) is 2.33. The standard InChI is InChI=1S/C13H12Cl2N2S/c14-10-5-9(16)6-11(15)13(10)17-3-1-12-8(7-17)2-4-18-12/h2,4-6H,1,3,7,16H2. The van der Waals surface area contributed by atoms with E-state index < -0.39 is 0 Å². The Bertz CT molecular complexity index is 571. The average molecular weight is 299 g/mol. The molecule has 0 atom stereocenters. The monoisotopic (exact) mass is 298 g/mol. The molecule has 0 aliphatic carbocycles. The third-order valence-electron chi connectivity index (χ3n) is 3.16. The minimum Gasteiger partial charge on any atom is -0.399 e. The van der Waals surface area contributed by atoms with E-state index in [0.717, 1.165) is 25.2 Å². The highest BCUT2D eigenvalue weighted by Crippen LogP contribution is 2.38. The highest BCUT2D eigenvalue weighted by Gasteiger charge is 2.21. The van der Waals surface area contributed by atoms with Crippen molar-refractivity contribution >= 4 is 45.9 Å². The number of thiophene rings is 1. The largest absolute Gasteiger partial charge is 0.399 e. The topological polar surface area (TPSA) is 29.3 Å². The second-order valence-electron chi connectivity index (χ2n) is 4.37. The summed E-state index contributed by atoms with van der Waals surface area (Å²) in [5, 5.41) is 3.39. The minimum atomic E-state index is 0.599. The summed E-state index contributed by atoms with van der Waals surface area (Å²) in [6.45, 7) is 1.80. The van der Waals surface area contributed by atoms with Crippen LogP contribution in [0.15, 0.2) is 23.6 Å².